The van der Waals surface area contributed by atoms with Crippen LogP contribution in [0.4, 0.5) is 4.39 Å². The normalized spacial score (nSPS) is 10.1. The number of methoxy groups -OCH3 is 1. The zero-order valence-electron chi connectivity index (χ0n) is 9.58. The highest BCUT2D eigenvalue weighted by Crippen LogP contribution is 2.30. The van der Waals surface area contributed by atoms with Crippen LogP contribution < -0.4 is 4.74 Å². The summed E-state index contributed by atoms with van der Waals surface area (Å²) < 4.78 is 18.9. The van der Waals surface area contributed by atoms with Crippen molar-refractivity contribution in [1.29, 1.82) is 0 Å². The summed E-state index contributed by atoms with van der Waals surface area (Å²) in [6, 6.07) is 3.07. The van der Waals surface area contributed by atoms with Gasteiger partial charge in [-0.15, -0.1) is 0 Å². The number of nitrogens with zero attached hydrogens (tertiary/aromatic N) is 1. The second kappa shape index (κ2) is 5.42. The van der Waals surface area contributed by atoms with Crippen LogP contribution >= 0.6 is 0 Å². The molecule has 0 N–H and O–H groups in total. The van der Waals surface area contributed by atoms with Crippen LogP contribution in [-0.2, 0) is 11.3 Å². The molecule has 0 radical (unpaired) electrons. The van der Waals surface area contributed by atoms with Gasteiger partial charge in [-0.05, 0) is 23.6 Å². The first-order chi connectivity index (χ1) is 7.60. The van der Waals surface area contributed by atoms with Gasteiger partial charge in [-0.25, -0.2) is 14.2 Å². The van der Waals surface area contributed by atoms with Crippen LogP contribution in [0.15, 0.2) is 17.1 Å². The van der Waals surface area contributed by atoms with Crippen molar-refractivity contribution in [2.45, 2.75) is 26.3 Å². The molecule has 0 aromatic heterocycles. The molecule has 0 aliphatic heterocycles. The van der Waals surface area contributed by atoms with E-state index in [0.29, 0.717) is 16.9 Å². The zero-order chi connectivity index (χ0) is 12.1. The highest BCUT2D eigenvalue weighted by molar-refractivity contribution is 5.41. The van der Waals surface area contributed by atoms with E-state index in [2.05, 4.69) is 4.99 Å². The van der Waals surface area contributed by atoms with E-state index in [1.807, 2.05) is 13.8 Å². The van der Waals surface area contributed by atoms with Gasteiger partial charge in [-0.1, -0.05) is 13.8 Å². The van der Waals surface area contributed by atoms with Gasteiger partial charge in [0.1, 0.15) is 11.6 Å². The van der Waals surface area contributed by atoms with E-state index in [1.165, 1.54) is 19.3 Å². The molecule has 1 aromatic rings. The molecule has 0 heterocycles. The first kappa shape index (κ1) is 12.4. The fourth-order valence-corrected chi connectivity index (χ4v) is 1.59. The van der Waals surface area contributed by atoms with Crippen molar-refractivity contribution < 1.29 is 13.9 Å². The van der Waals surface area contributed by atoms with Crippen molar-refractivity contribution in [2.75, 3.05) is 7.11 Å². The third kappa shape index (κ3) is 2.67. The second-order valence-corrected chi connectivity index (χ2v) is 3.76. The van der Waals surface area contributed by atoms with Crippen LogP contribution in [0.5, 0.6) is 5.75 Å². The lowest BCUT2D eigenvalue weighted by atomic mass is 9.99. The highest BCUT2D eigenvalue weighted by Gasteiger charge is 2.14. The van der Waals surface area contributed by atoms with Crippen molar-refractivity contribution in [2.24, 2.45) is 4.99 Å². The maximum Gasteiger partial charge on any atom is 0.235 e. The van der Waals surface area contributed by atoms with Gasteiger partial charge in [0.05, 0.1) is 13.7 Å². The fourth-order valence-electron chi connectivity index (χ4n) is 1.59. The predicted octanol–water partition coefficient (Wildman–Crippen LogP) is 2.79. The number of halogens is 1. The van der Waals surface area contributed by atoms with Crippen molar-refractivity contribution in [3.05, 3.63) is 29.1 Å². The summed E-state index contributed by atoms with van der Waals surface area (Å²) in [5.41, 5.74) is 1.14. The number of ether oxygens (including phenoxy) is 1. The van der Waals surface area contributed by atoms with Crippen LogP contribution in [0.25, 0.3) is 0 Å². The summed E-state index contributed by atoms with van der Waals surface area (Å²) in [5.74, 6) is 0.204. The molecular weight excluding hydrogens is 209 g/mol. The monoisotopic (exact) mass is 223 g/mol. The van der Waals surface area contributed by atoms with Gasteiger partial charge in [0.15, 0.2) is 0 Å². The average molecular weight is 223 g/mol. The number of benzene rings is 1. The molecule has 0 spiro atoms. The molecule has 86 valence electrons. The third-order valence-corrected chi connectivity index (χ3v) is 2.27. The van der Waals surface area contributed by atoms with Gasteiger partial charge in [0, 0.05) is 5.56 Å². The Balaban J connectivity index is 3.20. The summed E-state index contributed by atoms with van der Waals surface area (Å²) in [7, 11) is 1.49. The van der Waals surface area contributed by atoms with Crippen molar-refractivity contribution in [3.8, 4) is 5.75 Å². The van der Waals surface area contributed by atoms with Gasteiger partial charge in [-0.3, -0.25) is 0 Å². The van der Waals surface area contributed by atoms with Crippen LogP contribution in [0.2, 0.25) is 0 Å². The van der Waals surface area contributed by atoms with E-state index in [4.69, 9.17) is 4.74 Å². The van der Waals surface area contributed by atoms with Crippen molar-refractivity contribution in [1.82, 2.24) is 0 Å². The summed E-state index contributed by atoms with van der Waals surface area (Å²) in [4.78, 5) is 13.4. The number of isocyanates is 1. The van der Waals surface area contributed by atoms with Gasteiger partial charge in [-0.2, -0.15) is 0 Å². The van der Waals surface area contributed by atoms with E-state index < -0.39 is 0 Å². The standard InChI is InChI=1S/C12H14FNO2/c1-8(2)12-10(13)4-9(6-14-7-15)5-11(12)16-3/h4-5,8H,6H2,1-3H3. The molecule has 0 unspecified atom stereocenters. The minimum Gasteiger partial charge on any atom is -0.496 e. The molecule has 0 bridgehead atoms. The molecule has 16 heavy (non-hydrogen) atoms. The van der Waals surface area contributed by atoms with E-state index in [9.17, 15) is 9.18 Å². The van der Waals surface area contributed by atoms with Crippen LogP contribution in [0.1, 0.15) is 30.9 Å². The Morgan fingerprint density at radius 3 is 2.69 bits per heavy atom. The van der Waals surface area contributed by atoms with E-state index in [0.717, 1.165) is 0 Å². The number of hydrogen-bond acceptors (Lipinski definition) is 3. The smallest absolute Gasteiger partial charge is 0.235 e. The molecule has 0 aliphatic rings. The van der Waals surface area contributed by atoms with E-state index in [-0.39, 0.29) is 18.3 Å². The lowest BCUT2D eigenvalue weighted by molar-refractivity contribution is 0.401. The Kier molecular flexibility index (Phi) is 4.20. The largest absolute Gasteiger partial charge is 0.496 e. The third-order valence-electron chi connectivity index (χ3n) is 2.27. The van der Waals surface area contributed by atoms with Crippen molar-refractivity contribution >= 4 is 6.08 Å². The number of carbonyl (C=O) groups excluding carboxylic acids is 1. The Hall–Kier alpha value is -1.67. The first-order valence-corrected chi connectivity index (χ1v) is 5.00. The quantitative estimate of drug-likeness (QED) is 0.581. The van der Waals surface area contributed by atoms with E-state index in [1.54, 1.807) is 6.07 Å². The lowest BCUT2D eigenvalue weighted by Crippen LogP contribution is -2.00. The molecular formula is C12H14FNO2. The molecule has 0 atom stereocenters. The van der Waals surface area contributed by atoms with Gasteiger partial charge >= 0.3 is 0 Å². The summed E-state index contributed by atoms with van der Waals surface area (Å²) in [6.45, 7) is 3.91. The van der Waals surface area contributed by atoms with Crippen LogP contribution in [0.3, 0.4) is 0 Å². The zero-order valence-corrected chi connectivity index (χ0v) is 9.58. The van der Waals surface area contributed by atoms with Crippen LogP contribution in [-0.4, -0.2) is 13.2 Å². The Morgan fingerprint density at radius 1 is 1.50 bits per heavy atom. The molecule has 0 aliphatic carbocycles. The Morgan fingerprint density at radius 2 is 2.19 bits per heavy atom. The second-order valence-electron chi connectivity index (χ2n) is 3.76. The van der Waals surface area contributed by atoms with Gasteiger partial charge < -0.3 is 4.74 Å². The highest BCUT2D eigenvalue weighted by atomic mass is 19.1. The molecule has 1 aromatic carbocycles. The van der Waals surface area contributed by atoms with Gasteiger partial charge in [0.25, 0.3) is 0 Å². The average Bonchev–Trinajstić information content (AvgIpc) is 2.24. The number of aliphatic imine (C=N–C) groups is 1. The number of hydrogen-bond donors (Lipinski definition) is 0. The summed E-state index contributed by atoms with van der Waals surface area (Å²) >= 11 is 0. The minimum absolute atomic E-state index is 0.0403. The molecule has 1 rings (SSSR count). The number of rotatable bonds is 4. The lowest BCUT2D eigenvalue weighted by Gasteiger charge is -2.13. The maximum atomic E-state index is 13.8. The fraction of sp³-hybridized carbons (Fsp3) is 0.417. The summed E-state index contributed by atoms with van der Waals surface area (Å²) in [5, 5.41) is 0. The Labute approximate surface area is 94.0 Å². The Bertz CT molecular complexity index is 423. The molecule has 4 heteroatoms. The minimum atomic E-state index is -0.328. The van der Waals surface area contributed by atoms with Crippen LogP contribution in [0, 0.1) is 5.82 Å². The predicted molar refractivity (Wildman–Crippen MR) is 58.9 cm³/mol. The van der Waals surface area contributed by atoms with Crippen molar-refractivity contribution in [3.63, 3.8) is 0 Å². The molecule has 3 nitrogen and oxygen atoms in total. The van der Waals surface area contributed by atoms with E-state index >= 15 is 0 Å². The van der Waals surface area contributed by atoms with Gasteiger partial charge in [0.2, 0.25) is 6.08 Å². The summed E-state index contributed by atoms with van der Waals surface area (Å²) in [6.07, 6.45) is 1.42. The molecule has 0 amide bonds. The molecule has 0 saturated heterocycles. The topological polar surface area (TPSA) is 38.7 Å². The SMILES string of the molecule is COc1cc(CN=C=O)cc(F)c1C(C)C. The molecule has 0 saturated carbocycles. The first-order valence-electron chi connectivity index (χ1n) is 5.00. The molecule has 0 fully saturated rings. The maximum absolute atomic E-state index is 13.8.